The minimum Gasteiger partial charge on any atom is -0.325 e. The first-order chi connectivity index (χ1) is 3.72. The van der Waals surface area contributed by atoms with E-state index in [0.717, 1.165) is 0 Å². The summed E-state index contributed by atoms with van der Waals surface area (Å²) in [6.07, 6.45) is 0.231. The van der Waals surface area contributed by atoms with Crippen LogP contribution in [0.4, 0.5) is 0 Å². The van der Waals surface area contributed by atoms with Crippen LogP contribution in [0.1, 0.15) is 6.92 Å². The summed E-state index contributed by atoms with van der Waals surface area (Å²) in [4.78, 5) is 0. The van der Waals surface area contributed by atoms with Crippen molar-refractivity contribution >= 4 is 0 Å². The molecule has 0 saturated carbocycles. The van der Waals surface area contributed by atoms with Gasteiger partial charge in [0.15, 0.2) is 0 Å². The highest BCUT2D eigenvalue weighted by molar-refractivity contribution is 4.68. The van der Waals surface area contributed by atoms with Gasteiger partial charge in [-0.2, -0.15) is 0 Å². The molecule has 0 fully saturated rings. The van der Waals surface area contributed by atoms with Crippen LogP contribution in [-0.4, -0.2) is 26.3 Å². The van der Waals surface area contributed by atoms with Crippen LogP contribution in [0.3, 0.4) is 0 Å². The van der Waals surface area contributed by atoms with E-state index < -0.39 is 0 Å². The zero-order chi connectivity index (χ0) is 6.57. The lowest BCUT2D eigenvalue weighted by atomic mass is 10.3. The normalized spacial score (nSPS) is 14.6. The number of nitrogens with one attached hydrogen (secondary N) is 2. The fraction of sp³-hybridized carbons (Fsp3) is 1.00. The predicted molar refractivity (Wildman–Crippen MR) is 35.6 cm³/mol. The fourth-order valence-electron chi connectivity index (χ4n) is 0.670. The van der Waals surface area contributed by atoms with E-state index in [-0.39, 0.29) is 12.2 Å². The molecule has 0 rings (SSSR count). The molecule has 50 valence electrons. The first-order valence-corrected chi connectivity index (χ1v) is 2.82. The topological polar surface area (TPSA) is 50.1 Å². The summed E-state index contributed by atoms with van der Waals surface area (Å²) in [6, 6.07) is 0.157. The molecule has 0 aromatic heterocycles. The summed E-state index contributed by atoms with van der Waals surface area (Å²) < 4.78 is 0. The average Bonchev–Trinajstić information content (AvgIpc) is 1.69. The molecule has 0 aromatic carbocycles. The number of nitrogens with two attached hydrogens (primary N) is 1. The lowest BCUT2D eigenvalue weighted by molar-refractivity contribution is 0.429. The van der Waals surface area contributed by atoms with Crippen molar-refractivity contribution in [1.29, 1.82) is 0 Å². The molecule has 3 heteroatoms. The maximum absolute atomic E-state index is 5.53. The van der Waals surface area contributed by atoms with E-state index in [4.69, 9.17) is 5.73 Å². The zero-order valence-corrected chi connectivity index (χ0v) is 5.73. The van der Waals surface area contributed by atoms with Crippen LogP contribution in [0.25, 0.3) is 0 Å². The van der Waals surface area contributed by atoms with E-state index >= 15 is 0 Å². The van der Waals surface area contributed by atoms with Crippen LogP contribution in [0, 0.1) is 0 Å². The van der Waals surface area contributed by atoms with Crippen molar-refractivity contribution in [1.82, 2.24) is 10.6 Å². The first-order valence-electron chi connectivity index (χ1n) is 2.82. The fourth-order valence-corrected chi connectivity index (χ4v) is 0.670. The zero-order valence-electron chi connectivity index (χ0n) is 5.73. The Morgan fingerprint density at radius 2 is 1.62 bits per heavy atom. The number of hydrogen-bond donors (Lipinski definition) is 3. The quantitative estimate of drug-likeness (QED) is 0.420. The summed E-state index contributed by atoms with van der Waals surface area (Å²) in [5, 5.41) is 6.03. The smallest absolute Gasteiger partial charge is 0.0720 e. The van der Waals surface area contributed by atoms with Crippen molar-refractivity contribution in [2.45, 2.75) is 19.1 Å². The molecule has 1 unspecified atom stereocenters. The molecule has 0 aromatic rings. The molecule has 3 nitrogen and oxygen atoms in total. The summed E-state index contributed by atoms with van der Waals surface area (Å²) in [5.74, 6) is 0. The lowest BCUT2D eigenvalue weighted by Crippen LogP contribution is -2.49. The van der Waals surface area contributed by atoms with Gasteiger partial charge in [0.05, 0.1) is 6.17 Å². The highest BCUT2D eigenvalue weighted by atomic mass is 15.1. The molecule has 0 spiro atoms. The number of rotatable bonds is 3. The van der Waals surface area contributed by atoms with Gasteiger partial charge in [0.25, 0.3) is 0 Å². The third kappa shape index (κ3) is 2.26. The molecule has 0 heterocycles. The molecule has 1 atom stereocenters. The third-order valence-corrected chi connectivity index (χ3v) is 1.15. The maximum atomic E-state index is 5.53. The van der Waals surface area contributed by atoms with Crippen molar-refractivity contribution in [3.63, 3.8) is 0 Å². The van der Waals surface area contributed by atoms with Gasteiger partial charge in [-0.05, 0) is 21.0 Å². The third-order valence-electron chi connectivity index (χ3n) is 1.15. The Balaban J connectivity index is 3.35. The molecule has 0 amide bonds. The van der Waals surface area contributed by atoms with Crippen LogP contribution in [0.15, 0.2) is 0 Å². The standard InChI is InChI=1S/C5H15N3/c1-4(6)5(7-2)8-3/h4-5,7-8H,6H2,1-3H3. The Hall–Kier alpha value is -0.120. The van der Waals surface area contributed by atoms with Crippen LogP contribution >= 0.6 is 0 Å². The summed E-state index contributed by atoms with van der Waals surface area (Å²) in [7, 11) is 3.76. The molecule has 0 aliphatic rings. The lowest BCUT2D eigenvalue weighted by Gasteiger charge is -2.18. The van der Waals surface area contributed by atoms with Crippen molar-refractivity contribution in [3.8, 4) is 0 Å². The van der Waals surface area contributed by atoms with E-state index in [0.29, 0.717) is 0 Å². The Kier molecular flexibility index (Phi) is 3.77. The Morgan fingerprint density at radius 1 is 1.25 bits per heavy atom. The predicted octanol–water partition coefficient (Wildman–Crippen LogP) is -0.901. The molecule has 8 heavy (non-hydrogen) atoms. The minimum absolute atomic E-state index is 0.157. The van der Waals surface area contributed by atoms with Gasteiger partial charge < -0.3 is 16.4 Å². The second kappa shape index (κ2) is 3.83. The van der Waals surface area contributed by atoms with Gasteiger partial charge in [0, 0.05) is 6.04 Å². The van der Waals surface area contributed by atoms with Crippen molar-refractivity contribution in [2.24, 2.45) is 5.73 Å². The molecule has 0 aliphatic heterocycles. The van der Waals surface area contributed by atoms with Crippen LogP contribution in [0.5, 0.6) is 0 Å². The molecular weight excluding hydrogens is 102 g/mol. The molecule has 0 radical (unpaired) electrons. The van der Waals surface area contributed by atoms with Gasteiger partial charge in [0.1, 0.15) is 0 Å². The van der Waals surface area contributed by atoms with Crippen molar-refractivity contribution < 1.29 is 0 Å². The Bertz CT molecular complexity index is 49.6. The van der Waals surface area contributed by atoms with E-state index in [1.54, 1.807) is 0 Å². The SMILES string of the molecule is CNC(NC)C(C)N. The Morgan fingerprint density at radius 3 is 1.62 bits per heavy atom. The van der Waals surface area contributed by atoms with Crippen LogP contribution < -0.4 is 16.4 Å². The average molecular weight is 117 g/mol. The van der Waals surface area contributed by atoms with Crippen molar-refractivity contribution in [3.05, 3.63) is 0 Å². The number of hydrogen-bond acceptors (Lipinski definition) is 3. The van der Waals surface area contributed by atoms with Gasteiger partial charge in [-0.25, -0.2) is 0 Å². The maximum Gasteiger partial charge on any atom is 0.0720 e. The van der Waals surface area contributed by atoms with Crippen LogP contribution in [-0.2, 0) is 0 Å². The molecule has 4 N–H and O–H groups in total. The van der Waals surface area contributed by atoms with E-state index in [2.05, 4.69) is 10.6 Å². The van der Waals surface area contributed by atoms with E-state index in [1.165, 1.54) is 0 Å². The van der Waals surface area contributed by atoms with Crippen LogP contribution in [0.2, 0.25) is 0 Å². The first kappa shape index (κ1) is 7.88. The second-order valence-corrected chi connectivity index (χ2v) is 1.91. The van der Waals surface area contributed by atoms with Gasteiger partial charge >= 0.3 is 0 Å². The molecule has 0 aliphatic carbocycles. The molecule has 0 bridgehead atoms. The van der Waals surface area contributed by atoms with Gasteiger partial charge in [-0.15, -0.1) is 0 Å². The number of likely N-dealkylation sites (N-methyl/N-ethyl adjacent to an activating group) is 2. The van der Waals surface area contributed by atoms with Gasteiger partial charge in [0.2, 0.25) is 0 Å². The Labute approximate surface area is 50.6 Å². The minimum atomic E-state index is 0.157. The van der Waals surface area contributed by atoms with Crippen molar-refractivity contribution in [2.75, 3.05) is 14.1 Å². The summed E-state index contributed by atoms with van der Waals surface area (Å²) >= 11 is 0. The highest BCUT2D eigenvalue weighted by Crippen LogP contribution is 1.79. The van der Waals surface area contributed by atoms with E-state index in [9.17, 15) is 0 Å². The highest BCUT2D eigenvalue weighted by Gasteiger charge is 2.05. The molecular formula is C5H15N3. The summed E-state index contributed by atoms with van der Waals surface area (Å²) in [5.41, 5.74) is 5.53. The largest absolute Gasteiger partial charge is 0.325 e. The van der Waals surface area contributed by atoms with E-state index in [1.807, 2.05) is 21.0 Å². The summed E-state index contributed by atoms with van der Waals surface area (Å²) in [6.45, 7) is 1.96. The monoisotopic (exact) mass is 117 g/mol. The van der Waals surface area contributed by atoms with Gasteiger partial charge in [-0.3, -0.25) is 0 Å². The molecule has 0 saturated heterocycles. The second-order valence-electron chi connectivity index (χ2n) is 1.91. The van der Waals surface area contributed by atoms with Gasteiger partial charge in [-0.1, -0.05) is 0 Å².